The van der Waals surface area contributed by atoms with Crippen molar-refractivity contribution in [1.82, 2.24) is 9.38 Å². The van der Waals surface area contributed by atoms with Gasteiger partial charge < -0.3 is 13.9 Å². The average Bonchev–Trinajstić information content (AvgIpc) is 3.01. The highest BCUT2D eigenvalue weighted by atomic mass is 16.5. The van der Waals surface area contributed by atoms with Crippen LogP contribution in [0, 0.1) is 0 Å². The van der Waals surface area contributed by atoms with E-state index in [-0.39, 0.29) is 5.97 Å². The molecular weight excluding hydrogens is 318 g/mol. The van der Waals surface area contributed by atoms with Crippen molar-refractivity contribution >= 4 is 18.2 Å². The summed E-state index contributed by atoms with van der Waals surface area (Å²) >= 11 is 0. The van der Waals surface area contributed by atoms with Gasteiger partial charge in [0.1, 0.15) is 0 Å². The minimum absolute atomic E-state index is 0.316. The Morgan fingerprint density at radius 1 is 1.32 bits per heavy atom. The minimum Gasteiger partial charge on any atom is -0.481 e. The second kappa shape index (κ2) is 7.17. The lowest BCUT2D eigenvalue weighted by Crippen LogP contribution is -2.05. The number of fused-ring (bicyclic) bond motifs is 1. The number of hydrogen-bond acceptors (Lipinski definition) is 5. The smallest absolute Gasteiger partial charge is 0.340 e. The molecule has 3 rings (SSSR count). The molecule has 0 amide bonds. The van der Waals surface area contributed by atoms with Gasteiger partial charge >= 0.3 is 5.97 Å². The number of ether oxygens (including phenoxy) is 2. The van der Waals surface area contributed by atoms with Gasteiger partial charge in [-0.3, -0.25) is 4.99 Å². The van der Waals surface area contributed by atoms with Gasteiger partial charge in [0.2, 0.25) is 5.88 Å². The topological polar surface area (TPSA) is 65.2 Å². The Bertz CT molecular complexity index is 914. The summed E-state index contributed by atoms with van der Waals surface area (Å²) in [6.45, 7) is 6.15. The molecule has 25 heavy (non-hydrogen) atoms. The lowest BCUT2D eigenvalue weighted by Gasteiger charge is -2.08. The molecule has 0 radical (unpaired) electrons. The van der Waals surface area contributed by atoms with E-state index in [9.17, 15) is 4.79 Å². The average molecular weight is 337 g/mol. The Kier molecular flexibility index (Phi) is 4.79. The third kappa shape index (κ3) is 3.24. The van der Waals surface area contributed by atoms with Gasteiger partial charge in [-0.2, -0.15) is 0 Å². The summed E-state index contributed by atoms with van der Waals surface area (Å²) < 4.78 is 12.3. The van der Waals surface area contributed by atoms with Gasteiger partial charge in [0.25, 0.3) is 0 Å². The Labute approximate surface area is 145 Å². The summed E-state index contributed by atoms with van der Waals surface area (Å²) in [6, 6.07) is 9.40. The molecule has 0 aliphatic heterocycles. The van der Waals surface area contributed by atoms with E-state index in [1.54, 1.807) is 26.3 Å². The number of hydrogen-bond donors (Lipinski definition) is 0. The Balaban J connectivity index is 2.19. The van der Waals surface area contributed by atoms with Gasteiger partial charge in [-0.1, -0.05) is 0 Å². The first-order chi connectivity index (χ1) is 12.2. The SMILES string of the molecule is C=NCc1ccn2c(-c3ccc(OC)nc3)c(C(=O)OCC)cc2c1. The van der Waals surface area contributed by atoms with Crippen LogP contribution in [0.15, 0.2) is 47.7 Å². The number of rotatable bonds is 6. The van der Waals surface area contributed by atoms with Crippen molar-refractivity contribution in [2.45, 2.75) is 13.5 Å². The van der Waals surface area contributed by atoms with Crippen molar-refractivity contribution in [1.29, 1.82) is 0 Å². The first-order valence-electron chi connectivity index (χ1n) is 7.92. The highest BCUT2D eigenvalue weighted by Crippen LogP contribution is 2.29. The van der Waals surface area contributed by atoms with E-state index in [4.69, 9.17) is 9.47 Å². The standard InChI is InChI=1S/C19H19N3O3/c1-4-25-19(23)16-10-15-9-13(11-20-2)7-8-22(15)18(16)14-5-6-17(24-3)21-12-14/h5-10,12H,2,4,11H2,1,3H3. The summed E-state index contributed by atoms with van der Waals surface area (Å²) in [5.74, 6) is 0.155. The molecule has 0 bridgehead atoms. The van der Waals surface area contributed by atoms with Crippen molar-refractivity contribution in [2.75, 3.05) is 13.7 Å². The maximum absolute atomic E-state index is 12.4. The molecule has 3 aromatic rings. The number of aromatic nitrogens is 2. The number of esters is 1. The van der Waals surface area contributed by atoms with E-state index in [2.05, 4.69) is 16.7 Å². The van der Waals surface area contributed by atoms with Crippen LogP contribution in [0.25, 0.3) is 16.8 Å². The molecule has 0 aliphatic carbocycles. The summed E-state index contributed by atoms with van der Waals surface area (Å²) in [4.78, 5) is 20.6. The van der Waals surface area contributed by atoms with Crippen molar-refractivity contribution in [3.63, 3.8) is 0 Å². The molecule has 0 aliphatic rings. The molecule has 0 N–H and O–H groups in total. The van der Waals surface area contributed by atoms with Crippen molar-refractivity contribution in [3.05, 3.63) is 53.9 Å². The molecule has 6 heteroatoms. The number of carbonyl (C=O) groups is 1. The maximum Gasteiger partial charge on any atom is 0.340 e. The van der Waals surface area contributed by atoms with E-state index >= 15 is 0 Å². The quantitative estimate of drug-likeness (QED) is 0.511. The van der Waals surface area contributed by atoms with E-state index in [1.165, 1.54) is 0 Å². The number of pyridine rings is 2. The van der Waals surface area contributed by atoms with Gasteiger partial charge in [-0.05, 0) is 43.5 Å². The third-order valence-electron chi connectivity index (χ3n) is 3.85. The molecule has 6 nitrogen and oxygen atoms in total. The Morgan fingerprint density at radius 2 is 2.16 bits per heavy atom. The third-order valence-corrected chi connectivity index (χ3v) is 3.85. The highest BCUT2D eigenvalue weighted by molar-refractivity contribution is 5.99. The van der Waals surface area contributed by atoms with E-state index < -0.39 is 0 Å². The van der Waals surface area contributed by atoms with Gasteiger partial charge in [-0.15, -0.1) is 0 Å². The summed E-state index contributed by atoms with van der Waals surface area (Å²) in [5, 5.41) is 0. The predicted molar refractivity (Wildman–Crippen MR) is 96.4 cm³/mol. The van der Waals surface area contributed by atoms with E-state index in [0.29, 0.717) is 24.6 Å². The number of carbonyl (C=O) groups excluding carboxylic acids is 1. The Hall–Kier alpha value is -3.15. The predicted octanol–water partition coefficient (Wildman–Crippen LogP) is 3.39. The van der Waals surface area contributed by atoms with Gasteiger partial charge in [0, 0.05) is 29.5 Å². The molecule has 3 aromatic heterocycles. The fraction of sp³-hybridized carbons (Fsp3) is 0.211. The molecular formula is C19H19N3O3. The van der Waals surface area contributed by atoms with Crippen LogP contribution in [0.5, 0.6) is 5.88 Å². The zero-order valence-electron chi connectivity index (χ0n) is 14.2. The summed E-state index contributed by atoms with van der Waals surface area (Å²) in [5.41, 5.74) is 3.95. The molecule has 0 aromatic carbocycles. The maximum atomic E-state index is 12.4. The van der Waals surface area contributed by atoms with Crippen LogP contribution in [0.4, 0.5) is 0 Å². The largest absolute Gasteiger partial charge is 0.481 e. The van der Waals surface area contributed by atoms with Crippen molar-refractivity contribution < 1.29 is 14.3 Å². The lowest BCUT2D eigenvalue weighted by atomic mass is 10.1. The van der Waals surface area contributed by atoms with E-state index in [0.717, 1.165) is 22.3 Å². The first-order valence-corrected chi connectivity index (χ1v) is 7.92. The van der Waals surface area contributed by atoms with Gasteiger partial charge in [-0.25, -0.2) is 9.78 Å². The molecule has 0 saturated heterocycles. The van der Waals surface area contributed by atoms with Crippen LogP contribution in [-0.4, -0.2) is 35.8 Å². The normalized spacial score (nSPS) is 10.6. The van der Waals surface area contributed by atoms with Gasteiger partial charge in [0.05, 0.1) is 31.5 Å². The first kappa shape index (κ1) is 16.7. The van der Waals surface area contributed by atoms with Crippen LogP contribution >= 0.6 is 0 Å². The zero-order chi connectivity index (χ0) is 17.8. The van der Waals surface area contributed by atoms with E-state index in [1.807, 2.05) is 34.9 Å². The minimum atomic E-state index is -0.361. The second-order valence-corrected chi connectivity index (χ2v) is 5.43. The highest BCUT2D eigenvalue weighted by Gasteiger charge is 2.20. The monoisotopic (exact) mass is 337 g/mol. The lowest BCUT2D eigenvalue weighted by molar-refractivity contribution is 0.0527. The summed E-state index contributed by atoms with van der Waals surface area (Å²) in [7, 11) is 1.56. The van der Waals surface area contributed by atoms with Crippen LogP contribution in [0.3, 0.4) is 0 Å². The molecule has 0 fully saturated rings. The molecule has 0 atom stereocenters. The summed E-state index contributed by atoms with van der Waals surface area (Å²) in [6.07, 6.45) is 3.60. The van der Waals surface area contributed by atoms with Crippen LogP contribution in [-0.2, 0) is 11.3 Å². The van der Waals surface area contributed by atoms with Crippen LogP contribution in [0.1, 0.15) is 22.8 Å². The molecule has 0 spiro atoms. The molecule has 0 unspecified atom stereocenters. The van der Waals surface area contributed by atoms with Crippen molar-refractivity contribution in [3.8, 4) is 17.1 Å². The van der Waals surface area contributed by atoms with Crippen LogP contribution < -0.4 is 4.74 Å². The van der Waals surface area contributed by atoms with Crippen molar-refractivity contribution in [2.24, 2.45) is 4.99 Å². The second-order valence-electron chi connectivity index (χ2n) is 5.43. The van der Waals surface area contributed by atoms with Gasteiger partial charge in [0.15, 0.2) is 0 Å². The number of aliphatic imine (C=N–C) groups is 1. The van der Waals surface area contributed by atoms with Crippen LogP contribution in [0.2, 0.25) is 0 Å². The molecule has 3 heterocycles. The number of methoxy groups -OCH3 is 1. The fourth-order valence-corrected chi connectivity index (χ4v) is 2.75. The fourth-order valence-electron chi connectivity index (χ4n) is 2.75. The Morgan fingerprint density at radius 3 is 2.80 bits per heavy atom. The molecule has 0 saturated carbocycles. The molecule has 128 valence electrons. The number of nitrogens with zero attached hydrogens (tertiary/aromatic N) is 3. The zero-order valence-corrected chi connectivity index (χ0v) is 14.2.